The molecule has 0 bridgehead atoms. The van der Waals surface area contributed by atoms with E-state index < -0.39 is 0 Å². The Bertz CT molecular complexity index is 535. The number of benzene rings is 2. The molecule has 0 atom stereocenters. The summed E-state index contributed by atoms with van der Waals surface area (Å²) < 4.78 is 4.53. The summed E-state index contributed by atoms with van der Waals surface area (Å²) in [5, 5.41) is 2.73. The molecule has 2 rings (SSSR count). The second-order valence-corrected chi connectivity index (χ2v) is 3.53. The first-order chi connectivity index (χ1) is 8.79. The van der Waals surface area contributed by atoms with Crippen LogP contribution in [-0.4, -0.2) is 12.4 Å². The molecule has 1 radical (unpaired) electrons. The molecule has 1 N–H and O–H groups in total. The summed E-state index contributed by atoms with van der Waals surface area (Å²) in [5.41, 5.74) is 1.21. The van der Waals surface area contributed by atoms with Crippen LogP contribution < -0.4 is 10.1 Å². The molecule has 1 amide bonds. The van der Waals surface area contributed by atoms with Crippen LogP contribution >= 0.6 is 0 Å². The highest BCUT2D eigenvalue weighted by atomic mass is 16.5. The van der Waals surface area contributed by atoms with E-state index in [1.165, 1.54) is 6.47 Å². The van der Waals surface area contributed by atoms with Crippen LogP contribution in [0.5, 0.6) is 5.75 Å². The lowest BCUT2D eigenvalue weighted by Gasteiger charge is -2.05. The summed E-state index contributed by atoms with van der Waals surface area (Å²) in [5.74, 6) is 0.189. The summed E-state index contributed by atoms with van der Waals surface area (Å²) in [6, 6.07) is 15.3. The van der Waals surface area contributed by atoms with E-state index >= 15 is 0 Å². The highest BCUT2D eigenvalue weighted by molar-refractivity contribution is 6.04. The van der Waals surface area contributed by atoms with Gasteiger partial charge in [-0.05, 0) is 36.4 Å². The Hall–Kier alpha value is -2.62. The van der Waals surface area contributed by atoms with Gasteiger partial charge < -0.3 is 10.1 Å². The lowest BCUT2D eigenvalue weighted by Crippen LogP contribution is -2.11. The second-order valence-electron chi connectivity index (χ2n) is 3.53. The van der Waals surface area contributed by atoms with Crippen LogP contribution in [0.4, 0.5) is 5.69 Å². The normalized spacial score (nSPS) is 9.56. The van der Waals surface area contributed by atoms with Crippen molar-refractivity contribution in [2.75, 3.05) is 5.32 Å². The number of anilines is 1. The monoisotopic (exact) mass is 240 g/mol. The van der Waals surface area contributed by atoms with E-state index in [1.54, 1.807) is 48.5 Å². The minimum absolute atomic E-state index is 0.189. The van der Waals surface area contributed by atoms with Gasteiger partial charge in [0.05, 0.1) is 0 Å². The highest BCUT2D eigenvalue weighted by Crippen LogP contribution is 2.15. The summed E-state index contributed by atoms with van der Waals surface area (Å²) in [6.07, 6.45) is 0. The molecule has 0 spiro atoms. The van der Waals surface area contributed by atoms with Gasteiger partial charge in [0.1, 0.15) is 5.75 Å². The van der Waals surface area contributed by atoms with Crippen molar-refractivity contribution in [1.29, 1.82) is 0 Å². The van der Waals surface area contributed by atoms with Crippen LogP contribution in [0.3, 0.4) is 0 Å². The van der Waals surface area contributed by atoms with Crippen molar-refractivity contribution in [3.05, 3.63) is 60.2 Å². The zero-order chi connectivity index (χ0) is 12.8. The number of rotatable bonds is 4. The molecule has 0 saturated carbocycles. The third kappa shape index (κ3) is 2.95. The highest BCUT2D eigenvalue weighted by Gasteiger charge is 2.04. The standard InChI is InChI=1S/C14H10NO3/c16-10-18-13-8-6-12(7-9-13)15-14(17)11-4-2-1-3-5-11/h1-9H,(H,15,17). The van der Waals surface area contributed by atoms with Crippen LogP contribution in [-0.2, 0) is 4.79 Å². The van der Waals surface area contributed by atoms with Crippen molar-refractivity contribution < 1.29 is 14.3 Å². The third-order valence-electron chi connectivity index (χ3n) is 2.31. The Kier molecular flexibility index (Phi) is 3.71. The van der Waals surface area contributed by atoms with E-state index in [1.807, 2.05) is 6.07 Å². The van der Waals surface area contributed by atoms with E-state index in [0.29, 0.717) is 17.0 Å². The topological polar surface area (TPSA) is 55.4 Å². The Balaban J connectivity index is 2.05. The fourth-order valence-corrected chi connectivity index (χ4v) is 1.45. The fourth-order valence-electron chi connectivity index (χ4n) is 1.45. The van der Waals surface area contributed by atoms with Crippen molar-refractivity contribution in [1.82, 2.24) is 0 Å². The lowest BCUT2D eigenvalue weighted by molar-refractivity contribution is 0.102. The molecule has 2 aromatic rings. The molecule has 0 unspecified atom stereocenters. The molecule has 0 fully saturated rings. The largest absolute Gasteiger partial charge is 0.423 e. The molecule has 0 heterocycles. The van der Waals surface area contributed by atoms with Gasteiger partial charge in [0, 0.05) is 11.3 Å². The molecule has 0 aliphatic rings. The second kappa shape index (κ2) is 5.63. The van der Waals surface area contributed by atoms with Gasteiger partial charge in [0.25, 0.3) is 5.91 Å². The SMILES string of the molecule is O=[C]Oc1ccc(NC(=O)c2ccccc2)cc1. The Labute approximate surface area is 104 Å². The first kappa shape index (κ1) is 11.9. The average Bonchev–Trinajstić information content (AvgIpc) is 2.42. The van der Waals surface area contributed by atoms with E-state index in [-0.39, 0.29) is 5.91 Å². The molecular formula is C14H10NO3. The van der Waals surface area contributed by atoms with Crippen LogP contribution in [0.1, 0.15) is 10.4 Å². The number of ether oxygens (including phenoxy) is 1. The number of carbonyl (C=O) groups is 1. The zero-order valence-electron chi connectivity index (χ0n) is 9.42. The summed E-state index contributed by atoms with van der Waals surface area (Å²) >= 11 is 0. The van der Waals surface area contributed by atoms with Crippen molar-refractivity contribution >= 4 is 18.1 Å². The number of hydrogen-bond acceptors (Lipinski definition) is 3. The molecule has 0 saturated heterocycles. The van der Waals surface area contributed by atoms with E-state index in [4.69, 9.17) is 0 Å². The Morgan fingerprint density at radius 2 is 1.67 bits per heavy atom. The quantitative estimate of drug-likeness (QED) is 0.892. The smallest absolute Gasteiger partial charge is 0.418 e. The van der Waals surface area contributed by atoms with Crippen LogP contribution in [0.2, 0.25) is 0 Å². The summed E-state index contributed by atoms with van der Waals surface area (Å²) in [6.45, 7) is 1.33. The molecular weight excluding hydrogens is 230 g/mol. The van der Waals surface area contributed by atoms with Gasteiger partial charge in [0.2, 0.25) is 0 Å². The van der Waals surface area contributed by atoms with Gasteiger partial charge in [-0.25, -0.2) is 4.79 Å². The lowest BCUT2D eigenvalue weighted by atomic mass is 10.2. The molecule has 2 aromatic carbocycles. The van der Waals surface area contributed by atoms with Crippen molar-refractivity contribution in [3.8, 4) is 5.75 Å². The predicted octanol–water partition coefficient (Wildman–Crippen LogP) is 2.38. The van der Waals surface area contributed by atoms with Gasteiger partial charge in [-0.15, -0.1) is 0 Å². The molecule has 4 heteroatoms. The summed E-state index contributed by atoms with van der Waals surface area (Å²) in [4.78, 5) is 21.8. The molecule has 0 aromatic heterocycles. The van der Waals surface area contributed by atoms with Crippen LogP contribution in [0, 0.1) is 0 Å². The molecule has 4 nitrogen and oxygen atoms in total. The first-order valence-corrected chi connectivity index (χ1v) is 5.30. The van der Waals surface area contributed by atoms with E-state index in [0.717, 1.165) is 0 Å². The summed E-state index contributed by atoms with van der Waals surface area (Å²) in [7, 11) is 0. The molecule has 89 valence electrons. The van der Waals surface area contributed by atoms with Crippen molar-refractivity contribution in [2.24, 2.45) is 0 Å². The van der Waals surface area contributed by atoms with Crippen LogP contribution in [0.25, 0.3) is 0 Å². The average molecular weight is 240 g/mol. The Morgan fingerprint density at radius 3 is 2.28 bits per heavy atom. The number of hydrogen-bond donors (Lipinski definition) is 1. The maximum absolute atomic E-state index is 11.8. The molecule has 18 heavy (non-hydrogen) atoms. The van der Waals surface area contributed by atoms with Crippen molar-refractivity contribution in [3.63, 3.8) is 0 Å². The van der Waals surface area contributed by atoms with Gasteiger partial charge in [-0.1, -0.05) is 18.2 Å². The van der Waals surface area contributed by atoms with E-state index in [2.05, 4.69) is 10.1 Å². The zero-order valence-corrected chi connectivity index (χ0v) is 9.42. The molecule has 0 aliphatic heterocycles. The fraction of sp³-hybridized carbons (Fsp3) is 0. The van der Waals surface area contributed by atoms with E-state index in [9.17, 15) is 9.59 Å². The van der Waals surface area contributed by atoms with Crippen LogP contribution in [0.15, 0.2) is 54.6 Å². The maximum Gasteiger partial charge on any atom is 0.423 e. The number of nitrogens with one attached hydrogen (secondary N) is 1. The molecule has 0 aliphatic carbocycles. The number of amides is 1. The van der Waals surface area contributed by atoms with Gasteiger partial charge >= 0.3 is 6.47 Å². The minimum atomic E-state index is -0.189. The van der Waals surface area contributed by atoms with Gasteiger partial charge in [-0.2, -0.15) is 0 Å². The van der Waals surface area contributed by atoms with Gasteiger partial charge in [0.15, 0.2) is 0 Å². The number of carbonyl (C=O) groups excluding carboxylic acids is 2. The van der Waals surface area contributed by atoms with Gasteiger partial charge in [-0.3, -0.25) is 4.79 Å². The predicted molar refractivity (Wildman–Crippen MR) is 67.2 cm³/mol. The Morgan fingerprint density at radius 1 is 1.00 bits per heavy atom. The maximum atomic E-state index is 11.8. The first-order valence-electron chi connectivity index (χ1n) is 5.30. The minimum Gasteiger partial charge on any atom is -0.418 e. The van der Waals surface area contributed by atoms with Crippen molar-refractivity contribution in [2.45, 2.75) is 0 Å². The third-order valence-corrected chi connectivity index (χ3v) is 2.31.